The summed E-state index contributed by atoms with van der Waals surface area (Å²) < 4.78 is 5.62. The SMILES string of the molecule is CC1OCCC1N(C)CCc1nc2ccc(N)cc2[nH]1. The van der Waals surface area contributed by atoms with Gasteiger partial charge < -0.3 is 20.4 Å². The number of fused-ring (bicyclic) bond motifs is 1. The molecule has 108 valence electrons. The molecule has 1 saturated heterocycles. The van der Waals surface area contributed by atoms with Gasteiger partial charge in [0.05, 0.1) is 17.1 Å². The molecule has 2 unspecified atom stereocenters. The van der Waals surface area contributed by atoms with Crippen molar-refractivity contribution >= 4 is 16.7 Å². The number of anilines is 1. The Morgan fingerprint density at radius 2 is 2.35 bits per heavy atom. The van der Waals surface area contributed by atoms with Gasteiger partial charge in [0.1, 0.15) is 5.82 Å². The normalized spacial score (nSPS) is 22.9. The van der Waals surface area contributed by atoms with Gasteiger partial charge in [0.15, 0.2) is 0 Å². The van der Waals surface area contributed by atoms with E-state index in [-0.39, 0.29) is 0 Å². The molecule has 0 spiro atoms. The molecular weight excluding hydrogens is 252 g/mol. The number of benzene rings is 1. The number of hydrogen-bond donors (Lipinski definition) is 2. The first-order chi connectivity index (χ1) is 9.63. The molecule has 2 aromatic rings. The molecule has 1 aliphatic heterocycles. The van der Waals surface area contributed by atoms with Crippen molar-refractivity contribution in [3.05, 3.63) is 24.0 Å². The number of likely N-dealkylation sites (N-methyl/N-ethyl adjacent to an activating group) is 1. The Balaban J connectivity index is 1.64. The number of hydrogen-bond acceptors (Lipinski definition) is 4. The lowest BCUT2D eigenvalue weighted by molar-refractivity contribution is 0.0839. The van der Waals surface area contributed by atoms with Crippen molar-refractivity contribution in [2.75, 3.05) is 25.9 Å². The van der Waals surface area contributed by atoms with Gasteiger partial charge in [-0.25, -0.2) is 4.98 Å². The fourth-order valence-electron chi connectivity index (χ4n) is 2.95. The first-order valence-electron chi connectivity index (χ1n) is 7.19. The molecule has 0 aliphatic carbocycles. The van der Waals surface area contributed by atoms with Crippen molar-refractivity contribution in [2.24, 2.45) is 0 Å². The van der Waals surface area contributed by atoms with Crippen LogP contribution in [0.1, 0.15) is 19.2 Å². The third kappa shape index (κ3) is 2.64. The molecule has 1 aromatic heterocycles. The minimum atomic E-state index is 0.329. The van der Waals surface area contributed by atoms with E-state index in [2.05, 4.69) is 28.8 Å². The minimum Gasteiger partial charge on any atom is -0.399 e. The number of aromatic amines is 1. The highest BCUT2D eigenvalue weighted by atomic mass is 16.5. The van der Waals surface area contributed by atoms with Crippen LogP contribution in [0.25, 0.3) is 11.0 Å². The Kier molecular flexibility index (Phi) is 3.63. The van der Waals surface area contributed by atoms with Crippen molar-refractivity contribution in [2.45, 2.75) is 31.9 Å². The maximum atomic E-state index is 5.78. The molecule has 2 heterocycles. The first-order valence-corrected chi connectivity index (χ1v) is 7.19. The van der Waals surface area contributed by atoms with Crippen LogP contribution in [0, 0.1) is 0 Å². The zero-order valence-corrected chi connectivity index (χ0v) is 12.1. The fraction of sp³-hybridized carbons (Fsp3) is 0.533. The summed E-state index contributed by atoms with van der Waals surface area (Å²) in [4.78, 5) is 10.3. The molecule has 0 saturated carbocycles. The molecule has 2 atom stereocenters. The Labute approximate surface area is 119 Å². The van der Waals surface area contributed by atoms with Gasteiger partial charge in [0, 0.05) is 31.3 Å². The number of imidazole rings is 1. The monoisotopic (exact) mass is 274 g/mol. The van der Waals surface area contributed by atoms with Crippen molar-refractivity contribution in [1.82, 2.24) is 14.9 Å². The summed E-state index contributed by atoms with van der Waals surface area (Å²) >= 11 is 0. The Morgan fingerprint density at radius 3 is 3.10 bits per heavy atom. The summed E-state index contributed by atoms with van der Waals surface area (Å²) in [5.41, 5.74) is 8.54. The molecule has 5 nitrogen and oxygen atoms in total. The van der Waals surface area contributed by atoms with Crippen LogP contribution in [0.5, 0.6) is 0 Å². The third-order valence-electron chi connectivity index (χ3n) is 4.16. The molecule has 1 aromatic carbocycles. The summed E-state index contributed by atoms with van der Waals surface area (Å²) in [7, 11) is 2.16. The van der Waals surface area contributed by atoms with E-state index in [0.717, 1.165) is 48.5 Å². The molecule has 3 rings (SSSR count). The molecule has 3 N–H and O–H groups in total. The van der Waals surface area contributed by atoms with Crippen LogP contribution in [-0.2, 0) is 11.2 Å². The fourth-order valence-corrected chi connectivity index (χ4v) is 2.95. The van der Waals surface area contributed by atoms with E-state index in [0.29, 0.717) is 12.1 Å². The van der Waals surface area contributed by atoms with Crippen LogP contribution in [0.15, 0.2) is 18.2 Å². The zero-order valence-electron chi connectivity index (χ0n) is 12.1. The second-order valence-electron chi connectivity index (χ2n) is 5.62. The van der Waals surface area contributed by atoms with Crippen LogP contribution >= 0.6 is 0 Å². The molecular formula is C15H22N4O. The van der Waals surface area contributed by atoms with Gasteiger partial charge in [-0.05, 0) is 38.6 Å². The van der Waals surface area contributed by atoms with E-state index in [1.165, 1.54) is 0 Å². The molecule has 1 aliphatic rings. The lowest BCUT2D eigenvalue weighted by Crippen LogP contribution is -2.38. The average Bonchev–Trinajstić information content (AvgIpc) is 3.01. The average molecular weight is 274 g/mol. The van der Waals surface area contributed by atoms with Crippen LogP contribution in [0.2, 0.25) is 0 Å². The molecule has 0 bridgehead atoms. The predicted molar refractivity (Wildman–Crippen MR) is 80.7 cm³/mol. The van der Waals surface area contributed by atoms with E-state index in [9.17, 15) is 0 Å². The van der Waals surface area contributed by atoms with Crippen molar-refractivity contribution < 1.29 is 4.74 Å². The Morgan fingerprint density at radius 1 is 1.50 bits per heavy atom. The number of ether oxygens (including phenoxy) is 1. The van der Waals surface area contributed by atoms with Gasteiger partial charge in [0.2, 0.25) is 0 Å². The topological polar surface area (TPSA) is 67.2 Å². The number of nitrogens with zero attached hydrogens (tertiary/aromatic N) is 2. The molecule has 1 fully saturated rings. The Hall–Kier alpha value is -1.59. The third-order valence-corrected chi connectivity index (χ3v) is 4.16. The quantitative estimate of drug-likeness (QED) is 0.834. The van der Waals surface area contributed by atoms with Crippen LogP contribution in [0.3, 0.4) is 0 Å². The van der Waals surface area contributed by atoms with Gasteiger partial charge in [-0.1, -0.05) is 0 Å². The second kappa shape index (κ2) is 5.42. The zero-order chi connectivity index (χ0) is 14.1. The van der Waals surface area contributed by atoms with E-state index in [1.807, 2.05) is 18.2 Å². The van der Waals surface area contributed by atoms with Crippen molar-refractivity contribution in [3.8, 4) is 0 Å². The lowest BCUT2D eigenvalue weighted by Gasteiger charge is -2.26. The summed E-state index contributed by atoms with van der Waals surface area (Å²) in [6.07, 6.45) is 2.36. The minimum absolute atomic E-state index is 0.329. The number of H-pyrrole nitrogens is 1. The smallest absolute Gasteiger partial charge is 0.108 e. The summed E-state index contributed by atoms with van der Waals surface area (Å²) in [6, 6.07) is 6.30. The van der Waals surface area contributed by atoms with E-state index in [4.69, 9.17) is 10.5 Å². The van der Waals surface area contributed by atoms with Gasteiger partial charge >= 0.3 is 0 Å². The summed E-state index contributed by atoms with van der Waals surface area (Å²) in [5.74, 6) is 1.02. The van der Waals surface area contributed by atoms with Crippen molar-refractivity contribution in [1.29, 1.82) is 0 Å². The first kappa shape index (κ1) is 13.4. The lowest BCUT2D eigenvalue weighted by atomic mass is 10.1. The van der Waals surface area contributed by atoms with Crippen LogP contribution in [-0.4, -0.2) is 47.2 Å². The highest BCUT2D eigenvalue weighted by Crippen LogP contribution is 2.19. The summed E-state index contributed by atoms with van der Waals surface area (Å²) in [6.45, 7) is 4.01. The number of nitrogens with two attached hydrogens (primary N) is 1. The van der Waals surface area contributed by atoms with Crippen LogP contribution in [0.4, 0.5) is 5.69 Å². The maximum absolute atomic E-state index is 5.78. The van der Waals surface area contributed by atoms with Gasteiger partial charge in [-0.2, -0.15) is 0 Å². The molecule has 5 heteroatoms. The van der Waals surface area contributed by atoms with Crippen molar-refractivity contribution in [3.63, 3.8) is 0 Å². The van der Waals surface area contributed by atoms with Gasteiger partial charge in [0.25, 0.3) is 0 Å². The highest BCUT2D eigenvalue weighted by molar-refractivity contribution is 5.78. The largest absolute Gasteiger partial charge is 0.399 e. The molecule has 0 amide bonds. The molecule has 0 radical (unpaired) electrons. The van der Waals surface area contributed by atoms with Crippen LogP contribution < -0.4 is 5.73 Å². The van der Waals surface area contributed by atoms with Gasteiger partial charge in [-0.15, -0.1) is 0 Å². The summed E-state index contributed by atoms with van der Waals surface area (Å²) in [5, 5.41) is 0. The Bertz CT molecular complexity index is 595. The van der Waals surface area contributed by atoms with E-state index in [1.54, 1.807) is 0 Å². The number of nitrogen functional groups attached to an aromatic ring is 1. The van der Waals surface area contributed by atoms with E-state index >= 15 is 0 Å². The predicted octanol–water partition coefficient (Wildman–Crippen LogP) is 1.80. The number of aromatic nitrogens is 2. The standard InChI is InChI=1S/C15H22N4O/c1-10-14(6-8-20-10)19(2)7-5-15-17-12-4-3-11(16)9-13(12)18-15/h3-4,9-10,14H,5-8,16H2,1-2H3,(H,17,18). The molecule has 20 heavy (non-hydrogen) atoms. The van der Waals surface area contributed by atoms with Gasteiger partial charge in [-0.3, -0.25) is 0 Å². The highest BCUT2D eigenvalue weighted by Gasteiger charge is 2.27. The number of rotatable bonds is 4. The van der Waals surface area contributed by atoms with E-state index < -0.39 is 0 Å². The second-order valence-corrected chi connectivity index (χ2v) is 5.62. The number of nitrogens with one attached hydrogen (secondary N) is 1. The maximum Gasteiger partial charge on any atom is 0.108 e.